The predicted molar refractivity (Wildman–Crippen MR) is 62.6 cm³/mol. The number of anilines is 1. The molecular weight excluding hydrogens is 202 g/mol. The van der Waals surface area contributed by atoms with Crippen LogP contribution >= 0.6 is 0 Å². The molecule has 0 amide bonds. The van der Waals surface area contributed by atoms with Gasteiger partial charge in [0.25, 0.3) is 0 Å². The standard InChI is InChI=1S/C11H11N5/c1-15(2)11-10-12-7-8-5-3-4-6-9(8)16(10)14-13-11/h3-7H,1-2H3. The van der Waals surface area contributed by atoms with Gasteiger partial charge in [0.1, 0.15) is 0 Å². The summed E-state index contributed by atoms with van der Waals surface area (Å²) >= 11 is 0. The van der Waals surface area contributed by atoms with Gasteiger partial charge < -0.3 is 4.90 Å². The van der Waals surface area contributed by atoms with Crippen LogP contribution in [0.25, 0.3) is 16.6 Å². The Labute approximate surface area is 92.3 Å². The van der Waals surface area contributed by atoms with Crippen LogP contribution in [-0.2, 0) is 0 Å². The van der Waals surface area contributed by atoms with Gasteiger partial charge in [-0.25, -0.2) is 4.98 Å². The van der Waals surface area contributed by atoms with Crippen molar-refractivity contribution in [1.29, 1.82) is 0 Å². The number of hydrogen-bond donors (Lipinski definition) is 0. The fourth-order valence-corrected chi connectivity index (χ4v) is 1.75. The fraction of sp³-hybridized carbons (Fsp3) is 0.182. The van der Waals surface area contributed by atoms with E-state index < -0.39 is 0 Å². The van der Waals surface area contributed by atoms with Gasteiger partial charge in [-0.05, 0) is 6.07 Å². The molecule has 5 heteroatoms. The molecule has 16 heavy (non-hydrogen) atoms. The van der Waals surface area contributed by atoms with Gasteiger partial charge in [-0.15, -0.1) is 5.10 Å². The average molecular weight is 213 g/mol. The third kappa shape index (κ3) is 1.14. The third-order valence-corrected chi connectivity index (χ3v) is 2.54. The molecule has 0 radical (unpaired) electrons. The second-order valence-corrected chi connectivity index (χ2v) is 3.86. The van der Waals surface area contributed by atoms with Crippen LogP contribution in [0.1, 0.15) is 0 Å². The monoisotopic (exact) mass is 213 g/mol. The van der Waals surface area contributed by atoms with Gasteiger partial charge in [-0.1, -0.05) is 23.4 Å². The molecule has 0 saturated heterocycles. The molecule has 0 unspecified atom stereocenters. The van der Waals surface area contributed by atoms with E-state index in [9.17, 15) is 0 Å². The molecule has 3 aromatic rings. The van der Waals surface area contributed by atoms with E-state index in [1.807, 2.05) is 49.5 Å². The SMILES string of the molecule is CN(C)c1nnn2c1ncc1ccccc12. The Morgan fingerprint density at radius 1 is 1.19 bits per heavy atom. The van der Waals surface area contributed by atoms with Gasteiger partial charge >= 0.3 is 0 Å². The van der Waals surface area contributed by atoms with Crippen molar-refractivity contribution in [3.63, 3.8) is 0 Å². The molecule has 0 N–H and O–H groups in total. The van der Waals surface area contributed by atoms with Crippen molar-refractivity contribution in [2.45, 2.75) is 0 Å². The largest absolute Gasteiger partial charge is 0.358 e. The van der Waals surface area contributed by atoms with E-state index in [4.69, 9.17) is 0 Å². The van der Waals surface area contributed by atoms with Crippen molar-refractivity contribution < 1.29 is 0 Å². The summed E-state index contributed by atoms with van der Waals surface area (Å²) in [6.07, 6.45) is 1.85. The lowest BCUT2D eigenvalue weighted by Crippen LogP contribution is -2.09. The van der Waals surface area contributed by atoms with Crippen LogP contribution in [0.5, 0.6) is 0 Å². The Morgan fingerprint density at radius 3 is 2.81 bits per heavy atom. The Balaban J connectivity index is 2.45. The second-order valence-electron chi connectivity index (χ2n) is 3.86. The quantitative estimate of drug-likeness (QED) is 0.612. The summed E-state index contributed by atoms with van der Waals surface area (Å²) in [5.74, 6) is 0.783. The first kappa shape index (κ1) is 9.08. The van der Waals surface area contributed by atoms with Crippen molar-refractivity contribution in [2.75, 3.05) is 19.0 Å². The molecule has 80 valence electrons. The molecule has 0 aliphatic heterocycles. The summed E-state index contributed by atoms with van der Waals surface area (Å²) in [7, 11) is 3.86. The highest BCUT2D eigenvalue weighted by Gasteiger charge is 2.10. The summed E-state index contributed by atoms with van der Waals surface area (Å²) in [4.78, 5) is 6.29. The number of benzene rings is 1. The molecule has 0 fully saturated rings. The molecule has 2 heterocycles. The van der Waals surface area contributed by atoms with Crippen molar-refractivity contribution >= 4 is 22.4 Å². The number of rotatable bonds is 1. The van der Waals surface area contributed by atoms with Crippen LogP contribution in [0.2, 0.25) is 0 Å². The van der Waals surface area contributed by atoms with Gasteiger partial charge in [0, 0.05) is 25.7 Å². The zero-order valence-corrected chi connectivity index (χ0v) is 9.12. The number of aromatic nitrogens is 4. The van der Waals surface area contributed by atoms with Crippen LogP contribution in [-0.4, -0.2) is 33.9 Å². The Morgan fingerprint density at radius 2 is 2.00 bits per heavy atom. The number of fused-ring (bicyclic) bond motifs is 3. The lowest BCUT2D eigenvalue weighted by Gasteiger charge is -2.06. The van der Waals surface area contributed by atoms with E-state index in [0.29, 0.717) is 0 Å². The molecule has 0 spiro atoms. The molecule has 1 aromatic carbocycles. The third-order valence-electron chi connectivity index (χ3n) is 2.54. The molecule has 0 atom stereocenters. The first-order chi connectivity index (χ1) is 7.77. The molecule has 3 rings (SSSR count). The van der Waals surface area contributed by atoms with E-state index in [1.165, 1.54) is 0 Å². The van der Waals surface area contributed by atoms with Gasteiger partial charge in [0.15, 0.2) is 5.82 Å². The van der Waals surface area contributed by atoms with Crippen molar-refractivity contribution in [2.24, 2.45) is 0 Å². The first-order valence-corrected chi connectivity index (χ1v) is 5.04. The zero-order chi connectivity index (χ0) is 11.1. The van der Waals surface area contributed by atoms with E-state index in [-0.39, 0.29) is 0 Å². The first-order valence-electron chi connectivity index (χ1n) is 5.04. The Bertz CT molecular complexity index is 656. The second kappa shape index (κ2) is 3.16. The molecule has 5 nitrogen and oxygen atoms in total. The summed E-state index contributed by atoms with van der Waals surface area (Å²) in [6, 6.07) is 8.00. The highest BCUT2D eigenvalue weighted by molar-refractivity contribution is 5.82. The van der Waals surface area contributed by atoms with Crippen LogP contribution in [0.15, 0.2) is 30.5 Å². The maximum absolute atomic E-state index is 4.39. The summed E-state index contributed by atoms with van der Waals surface area (Å²) in [5, 5.41) is 9.31. The Hall–Kier alpha value is -2.17. The van der Waals surface area contributed by atoms with Gasteiger partial charge in [-0.2, -0.15) is 4.52 Å². The molecule has 0 aliphatic rings. The Kier molecular flexibility index (Phi) is 1.80. The van der Waals surface area contributed by atoms with Crippen LogP contribution in [0.3, 0.4) is 0 Å². The zero-order valence-electron chi connectivity index (χ0n) is 9.12. The van der Waals surface area contributed by atoms with Crippen molar-refractivity contribution in [1.82, 2.24) is 19.8 Å². The van der Waals surface area contributed by atoms with Crippen molar-refractivity contribution in [3.05, 3.63) is 30.5 Å². The maximum atomic E-state index is 4.39. The molecule has 2 aromatic heterocycles. The van der Waals surface area contributed by atoms with E-state index >= 15 is 0 Å². The molecule has 0 saturated carbocycles. The lowest BCUT2D eigenvalue weighted by molar-refractivity contribution is 0.870. The maximum Gasteiger partial charge on any atom is 0.200 e. The van der Waals surface area contributed by atoms with E-state index in [0.717, 1.165) is 22.4 Å². The van der Waals surface area contributed by atoms with Crippen LogP contribution < -0.4 is 4.90 Å². The van der Waals surface area contributed by atoms with E-state index in [1.54, 1.807) is 4.52 Å². The van der Waals surface area contributed by atoms with Gasteiger partial charge in [0.2, 0.25) is 5.65 Å². The highest BCUT2D eigenvalue weighted by atomic mass is 15.4. The minimum absolute atomic E-state index is 0.781. The predicted octanol–water partition coefficient (Wildman–Crippen LogP) is 1.34. The van der Waals surface area contributed by atoms with Crippen LogP contribution in [0, 0.1) is 0 Å². The number of para-hydroxylation sites is 1. The molecular formula is C11H11N5. The van der Waals surface area contributed by atoms with E-state index in [2.05, 4.69) is 15.3 Å². The van der Waals surface area contributed by atoms with Gasteiger partial charge in [-0.3, -0.25) is 0 Å². The smallest absolute Gasteiger partial charge is 0.200 e. The fourth-order valence-electron chi connectivity index (χ4n) is 1.75. The number of nitrogens with zero attached hydrogens (tertiary/aromatic N) is 5. The minimum atomic E-state index is 0.781. The minimum Gasteiger partial charge on any atom is -0.358 e. The average Bonchev–Trinajstić information content (AvgIpc) is 2.73. The number of hydrogen-bond acceptors (Lipinski definition) is 4. The molecule has 0 aliphatic carbocycles. The highest BCUT2D eigenvalue weighted by Crippen LogP contribution is 2.19. The summed E-state index contributed by atoms with van der Waals surface area (Å²) in [6.45, 7) is 0. The van der Waals surface area contributed by atoms with Crippen molar-refractivity contribution in [3.8, 4) is 0 Å². The topological polar surface area (TPSA) is 46.3 Å². The van der Waals surface area contributed by atoms with Gasteiger partial charge in [0.05, 0.1) is 5.52 Å². The summed E-state index contributed by atoms with van der Waals surface area (Å²) in [5.41, 5.74) is 1.80. The molecule has 0 bridgehead atoms. The lowest BCUT2D eigenvalue weighted by atomic mass is 10.2. The van der Waals surface area contributed by atoms with Crippen LogP contribution in [0.4, 0.5) is 5.82 Å². The normalized spacial score (nSPS) is 11.1. The summed E-state index contributed by atoms with van der Waals surface area (Å²) < 4.78 is 1.77.